The summed E-state index contributed by atoms with van der Waals surface area (Å²) in [7, 11) is 1.35. The van der Waals surface area contributed by atoms with Crippen LogP contribution in [0.5, 0.6) is 0 Å². The molecule has 1 atom stereocenters. The number of ether oxygens (including phenoxy) is 1. The lowest BCUT2D eigenvalue weighted by Crippen LogP contribution is -2.42. The minimum absolute atomic E-state index is 0.0669. The van der Waals surface area contributed by atoms with Crippen molar-refractivity contribution >= 4 is 11.9 Å². The lowest BCUT2D eigenvalue weighted by Gasteiger charge is -2.23. The lowest BCUT2D eigenvalue weighted by molar-refractivity contribution is -0.151. The van der Waals surface area contributed by atoms with E-state index in [-0.39, 0.29) is 17.9 Å². The van der Waals surface area contributed by atoms with E-state index in [4.69, 9.17) is 0 Å². The van der Waals surface area contributed by atoms with Crippen molar-refractivity contribution in [1.82, 2.24) is 4.90 Å². The number of carbonyl (C=O) groups excluding carboxylic acids is 2. The van der Waals surface area contributed by atoms with Crippen LogP contribution in [0, 0.1) is 0 Å². The first kappa shape index (κ1) is 10.0. The summed E-state index contributed by atoms with van der Waals surface area (Å²) in [5.74, 6) is -0.241. The van der Waals surface area contributed by atoms with Crippen molar-refractivity contribution in [2.75, 3.05) is 13.7 Å². The second kappa shape index (κ2) is 4.25. The first-order chi connectivity index (χ1) is 6.20. The molecule has 0 aromatic heterocycles. The molecule has 0 aromatic carbocycles. The van der Waals surface area contributed by atoms with Crippen LogP contribution in [0.25, 0.3) is 0 Å². The van der Waals surface area contributed by atoms with Crippen molar-refractivity contribution in [2.24, 2.45) is 0 Å². The standard InChI is InChI=1S/C9H15NO3/c1-3-7(9(12)13-2)10-6-4-5-8(10)11/h7H,3-6H2,1-2H3. The van der Waals surface area contributed by atoms with E-state index in [1.165, 1.54) is 7.11 Å². The molecule has 0 bridgehead atoms. The molecular formula is C9H15NO3. The Hall–Kier alpha value is -1.06. The van der Waals surface area contributed by atoms with Gasteiger partial charge >= 0.3 is 5.97 Å². The number of hydrogen-bond donors (Lipinski definition) is 0. The summed E-state index contributed by atoms with van der Waals surface area (Å²) in [6.07, 6.45) is 2.04. The van der Waals surface area contributed by atoms with Crippen molar-refractivity contribution < 1.29 is 14.3 Å². The largest absolute Gasteiger partial charge is 0.467 e. The summed E-state index contributed by atoms with van der Waals surface area (Å²) in [5.41, 5.74) is 0. The summed E-state index contributed by atoms with van der Waals surface area (Å²) in [4.78, 5) is 24.2. The van der Waals surface area contributed by atoms with E-state index in [9.17, 15) is 9.59 Å². The van der Waals surface area contributed by atoms with Gasteiger partial charge in [0.2, 0.25) is 5.91 Å². The summed E-state index contributed by atoms with van der Waals surface area (Å²) < 4.78 is 4.63. The summed E-state index contributed by atoms with van der Waals surface area (Å²) in [6, 6.07) is -0.375. The molecular weight excluding hydrogens is 170 g/mol. The van der Waals surface area contributed by atoms with Gasteiger partial charge in [0, 0.05) is 13.0 Å². The Kier molecular flexibility index (Phi) is 3.28. The third kappa shape index (κ3) is 1.99. The van der Waals surface area contributed by atoms with E-state index in [0.29, 0.717) is 19.4 Å². The van der Waals surface area contributed by atoms with Crippen molar-refractivity contribution in [3.05, 3.63) is 0 Å². The molecule has 0 aromatic rings. The van der Waals surface area contributed by atoms with Crippen LogP contribution in [0.3, 0.4) is 0 Å². The highest BCUT2D eigenvalue weighted by Gasteiger charge is 2.31. The van der Waals surface area contributed by atoms with Gasteiger partial charge in [-0.05, 0) is 12.8 Å². The van der Waals surface area contributed by atoms with Crippen LogP contribution in [-0.2, 0) is 14.3 Å². The molecule has 4 heteroatoms. The highest BCUT2D eigenvalue weighted by Crippen LogP contribution is 2.16. The molecule has 1 unspecified atom stereocenters. The third-order valence-corrected chi connectivity index (χ3v) is 2.35. The molecule has 0 radical (unpaired) electrons. The Balaban J connectivity index is 2.65. The second-order valence-electron chi connectivity index (χ2n) is 3.14. The SMILES string of the molecule is CCC(C(=O)OC)N1CCCC1=O. The van der Waals surface area contributed by atoms with E-state index in [2.05, 4.69) is 4.74 Å². The van der Waals surface area contributed by atoms with E-state index in [1.807, 2.05) is 6.92 Å². The molecule has 1 saturated heterocycles. The molecule has 13 heavy (non-hydrogen) atoms. The van der Waals surface area contributed by atoms with Crippen molar-refractivity contribution in [1.29, 1.82) is 0 Å². The monoisotopic (exact) mass is 185 g/mol. The van der Waals surface area contributed by atoms with E-state index in [1.54, 1.807) is 4.90 Å². The number of methoxy groups -OCH3 is 1. The number of nitrogens with zero attached hydrogens (tertiary/aromatic N) is 1. The molecule has 0 aliphatic carbocycles. The molecule has 0 spiro atoms. The van der Waals surface area contributed by atoms with Gasteiger partial charge in [-0.2, -0.15) is 0 Å². The van der Waals surface area contributed by atoms with Crippen LogP contribution in [0.4, 0.5) is 0 Å². The predicted octanol–water partition coefficient (Wildman–Crippen LogP) is 0.560. The Morgan fingerprint density at radius 3 is 2.77 bits per heavy atom. The van der Waals surface area contributed by atoms with E-state index in [0.717, 1.165) is 6.42 Å². The molecule has 0 N–H and O–H groups in total. The van der Waals surface area contributed by atoms with Gasteiger partial charge in [0.1, 0.15) is 6.04 Å². The number of esters is 1. The molecule has 1 amide bonds. The Labute approximate surface area is 77.8 Å². The lowest BCUT2D eigenvalue weighted by atomic mass is 10.2. The first-order valence-electron chi connectivity index (χ1n) is 4.58. The smallest absolute Gasteiger partial charge is 0.328 e. The number of likely N-dealkylation sites (tertiary alicyclic amines) is 1. The zero-order valence-corrected chi connectivity index (χ0v) is 8.08. The van der Waals surface area contributed by atoms with Gasteiger partial charge in [0.05, 0.1) is 7.11 Å². The molecule has 4 nitrogen and oxygen atoms in total. The molecule has 0 saturated carbocycles. The summed E-state index contributed by atoms with van der Waals surface area (Å²) in [5, 5.41) is 0. The van der Waals surface area contributed by atoms with Gasteiger partial charge in [-0.1, -0.05) is 6.92 Å². The van der Waals surface area contributed by atoms with Gasteiger partial charge < -0.3 is 9.64 Å². The Morgan fingerprint density at radius 1 is 1.69 bits per heavy atom. The average molecular weight is 185 g/mol. The van der Waals surface area contributed by atoms with Gasteiger partial charge in [-0.3, -0.25) is 4.79 Å². The van der Waals surface area contributed by atoms with Crippen LogP contribution in [0.1, 0.15) is 26.2 Å². The van der Waals surface area contributed by atoms with E-state index >= 15 is 0 Å². The minimum atomic E-state index is -0.375. The normalized spacial score (nSPS) is 18.9. The third-order valence-electron chi connectivity index (χ3n) is 2.35. The fourth-order valence-corrected chi connectivity index (χ4v) is 1.65. The second-order valence-corrected chi connectivity index (χ2v) is 3.14. The highest BCUT2D eigenvalue weighted by atomic mass is 16.5. The molecule has 1 fully saturated rings. The number of amides is 1. The van der Waals surface area contributed by atoms with Crippen LogP contribution < -0.4 is 0 Å². The topological polar surface area (TPSA) is 46.6 Å². The summed E-state index contributed by atoms with van der Waals surface area (Å²) in [6.45, 7) is 2.57. The maximum Gasteiger partial charge on any atom is 0.328 e. The molecule has 74 valence electrons. The van der Waals surface area contributed by atoms with Crippen LogP contribution in [0.2, 0.25) is 0 Å². The van der Waals surface area contributed by atoms with Crippen molar-refractivity contribution in [3.63, 3.8) is 0 Å². The van der Waals surface area contributed by atoms with Crippen molar-refractivity contribution in [2.45, 2.75) is 32.2 Å². The Morgan fingerprint density at radius 2 is 2.38 bits per heavy atom. The van der Waals surface area contributed by atoms with Gasteiger partial charge in [-0.25, -0.2) is 4.79 Å². The predicted molar refractivity (Wildman–Crippen MR) is 47.0 cm³/mol. The maximum absolute atomic E-state index is 11.3. The number of rotatable bonds is 3. The fraction of sp³-hybridized carbons (Fsp3) is 0.778. The molecule has 1 heterocycles. The number of hydrogen-bond acceptors (Lipinski definition) is 3. The quantitative estimate of drug-likeness (QED) is 0.603. The van der Waals surface area contributed by atoms with Gasteiger partial charge in [0.25, 0.3) is 0 Å². The molecule has 1 aliphatic rings. The highest BCUT2D eigenvalue weighted by molar-refractivity contribution is 5.85. The van der Waals surface area contributed by atoms with Gasteiger partial charge in [-0.15, -0.1) is 0 Å². The van der Waals surface area contributed by atoms with E-state index < -0.39 is 0 Å². The average Bonchev–Trinajstić information content (AvgIpc) is 2.53. The Bertz CT molecular complexity index is 215. The minimum Gasteiger partial charge on any atom is -0.467 e. The molecule has 1 aliphatic heterocycles. The fourth-order valence-electron chi connectivity index (χ4n) is 1.65. The number of carbonyl (C=O) groups is 2. The van der Waals surface area contributed by atoms with Crippen LogP contribution in [0.15, 0.2) is 0 Å². The van der Waals surface area contributed by atoms with Gasteiger partial charge in [0.15, 0.2) is 0 Å². The summed E-state index contributed by atoms with van der Waals surface area (Å²) >= 11 is 0. The zero-order chi connectivity index (χ0) is 9.84. The maximum atomic E-state index is 11.3. The van der Waals surface area contributed by atoms with Crippen LogP contribution in [-0.4, -0.2) is 36.5 Å². The first-order valence-corrected chi connectivity index (χ1v) is 4.58. The molecule has 1 rings (SSSR count). The van der Waals surface area contributed by atoms with Crippen LogP contribution >= 0.6 is 0 Å². The zero-order valence-electron chi connectivity index (χ0n) is 8.08. The van der Waals surface area contributed by atoms with Crippen molar-refractivity contribution in [3.8, 4) is 0 Å².